The molecule has 0 bridgehead atoms. The monoisotopic (exact) mass is 280 g/mol. The molecule has 1 saturated heterocycles. The predicted molar refractivity (Wildman–Crippen MR) is 78.3 cm³/mol. The zero-order valence-corrected chi connectivity index (χ0v) is 12.4. The first kappa shape index (κ1) is 15.1. The Bertz CT molecular complexity index is 437. The Hall–Kier alpha value is -1.30. The van der Waals surface area contributed by atoms with Crippen molar-refractivity contribution in [1.29, 1.82) is 0 Å². The maximum Gasteiger partial charge on any atom is 0.120 e. The minimum Gasteiger partial charge on any atom is -0.508 e. The summed E-state index contributed by atoms with van der Waals surface area (Å²) in [7, 11) is 3.57. The van der Waals surface area contributed by atoms with Crippen LogP contribution in [0.5, 0.6) is 11.5 Å². The number of aromatic hydroxyl groups is 1. The van der Waals surface area contributed by atoms with Gasteiger partial charge in [-0.2, -0.15) is 0 Å². The Balaban J connectivity index is 2.11. The fourth-order valence-corrected chi connectivity index (χ4v) is 2.64. The highest BCUT2D eigenvalue weighted by Crippen LogP contribution is 2.32. The highest BCUT2D eigenvalue weighted by atomic mass is 16.5. The van der Waals surface area contributed by atoms with Crippen molar-refractivity contribution >= 4 is 0 Å². The first-order valence-corrected chi connectivity index (χ1v) is 7.03. The average molecular weight is 280 g/mol. The van der Waals surface area contributed by atoms with Gasteiger partial charge in [0.25, 0.3) is 0 Å². The molecule has 0 spiro atoms. The fraction of sp³-hybridized carbons (Fsp3) is 0.600. The van der Waals surface area contributed by atoms with Crippen LogP contribution in [0, 0.1) is 0 Å². The molecule has 5 nitrogen and oxygen atoms in total. The van der Waals surface area contributed by atoms with Crippen LogP contribution in [0.1, 0.15) is 18.5 Å². The molecule has 1 fully saturated rings. The predicted octanol–water partition coefficient (Wildman–Crippen LogP) is 1.38. The molecule has 1 aromatic carbocycles. The van der Waals surface area contributed by atoms with Crippen LogP contribution in [0.25, 0.3) is 0 Å². The molecule has 0 amide bonds. The molecular formula is C15H24N2O3. The maximum absolute atomic E-state index is 10.1. The Morgan fingerprint density at radius 3 is 3.05 bits per heavy atom. The van der Waals surface area contributed by atoms with Gasteiger partial charge >= 0.3 is 0 Å². The van der Waals surface area contributed by atoms with Gasteiger partial charge in [0.15, 0.2) is 0 Å². The number of hydrogen-bond acceptors (Lipinski definition) is 5. The van der Waals surface area contributed by atoms with Gasteiger partial charge in [-0.3, -0.25) is 4.90 Å². The minimum absolute atomic E-state index is 0.133. The number of methoxy groups -OCH3 is 1. The van der Waals surface area contributed by atoms with Crippen LogP contribution in [0.3, 0.4) is 0 Å². The van der Waals surface area contributed by atoms with E-state index in [1.165, 1.54) is 0 Å². The average Bonchev–Trinajstić information content (AvgIpc) is 2.48. The number of likely N-dealkylation sites (N-methyl/N-ethyl adjacent to an activating group) is 1. The molecule has 112 valence electrons. The van der Waals surface area contributed by atoms with E-state index in [1.54, 1.807) is 19.2 Å². The van der Waals surface area contributed by atoms with Crippen LogP contribution in [0.4, 0.5) is 0 Å². The van der Waals surface area contributed by atoms with Crippen LogP contribution >= 0.6 is 0 Å². The van der Waals surface area contributed by atoms with Crippen molar-refractivity contribution in [3.8, 4) is 11.5 Å². The Labute approximate surface area is 120 Å². The Morgan fingerprint density at radius 2 is 2.35 bits per heavy atom. The summed E-state index contributed by atoms with van der Waals surface area (Å²) in [6, 6.07) is 5.50. The number of benzene rings is 1. The van der Waals surface area contributed by atoms with Crippen LogP contribution in [0.2, 0.25) is 0 Å². The highest BCUT2D eigenvalue weighted by molar-refractivity contribution is 5.41. The Morgan fingerprint density at radius 1 is 1.55 bits per heavy atom. The van der Waals surface area contributed by atoms with Crippen molar-refractivity contribution in [2.75, 3.05) is 40.4 Å². The number of ether oxygens (including phenoxy) is 2. The summed E-state index contributed by atoms with van der Waals surface area (Å²) in [4.78, 5) is 2.33. The van der Waals surface area contributed by atoms with Gasteiger partial charge in [-0.25, -0.2) is 0 Å². The van der Waals surface area contributed by atoms with E-state index < -0.39 is 0 Å². The largest absolute Gasteiger partial charge is 0.508 e. The van der Waals surface area contributed by atoms with E-state index in [9.17, 15) is 5.11 Å². The summed E-state index contributed by atoms with van der Waals surface area (Å²) in [6.07, 6.45) is 0.198. The third-order valence-electron chi connectivity index (χ3n) is 3.83. The lowest BCUT2D eigenvalue weighted by Gasteiger charge is -2.37. The van der Waals surface area contributed by atoms with Gasteiger partial charge in [0.1, 0.15) is 11.5 Å². The summed E-state index contributed by atoms with van der Waals surface area (Å²) < 4.78 is 11.0. The first-order chi connectivity index (χ1) is 9.65. The second-order valence-electron chi connectivity index (χ2n) is 5.15. The Kier molecular flexibility index (Phi) is 5.23. The molecule has 1 heterocycles. The summed E-state index contributed by atoms with van der Waals surface area (Å²) in [5.74, 6) is 1.08. The fourth-order valence-electron chi connectivity index (χ4n) is 2.64. The van der Waals surface area contributed by atoms with E-state index in [2.05, 4.69) is 17.1 Å². The molecule has 0 radical (unpaired) electrons. The molecule has 0 aliphatic carbocycles. The molecule has 1 aliphatic heterocycles. The quantitative estimate of drug-likeness (QED) is 0.853. The zero-order valence-electron chi connectivity index (χ0n) is 12.4. The lowest BCUT2D eigenvalue weighted by atomic mass is 10.0. The van der Waals surface area contributed by atoms with Crippen molar-refractivity contribution in [2.45, 2.75) is 19.1 Å². The van der Waals surface area contributed by atoms with Crippen molar-refractivity contribution in [3.05, 3.63) is 23.8 Å². The van der Waals surface area contributed by atoms with Crippen LogP contribution in [-0.4, -0.2) is 56.5 Å². The number of nitrogens with one attached hydrogen (secondary N) is 1. The van der Waals surface area contributed by atoms with E-state index in [4.69, 9.17) is 9.47 Å². The van der Waals surface area contributed by atoms with Gasteiger partial charge in [-0.05, 0) is 32.2 Å². The van der Waals surface area contributed by atoms with Gasteiger partial charge in [0.05, 0.1) is 19.8 Å². The van der Waals surface area contributed by atoms with E-state index in [0.29, 0.717) is 5.75 Å². The highest BCUT2D eigenvalue weighted by Gasteiger charge is 2.26. The van der Waals surface area contributed by atoms with Crippen LogP contribution in [-0.2, 0) is 4.74 Å². The molecular weight excluding hydrogens is 256 g/mol. The smallest absolute Gasteiger partial charge is 0.120 e. The maximum atomic E-state index is 10.1. The first-order valence-electron chi connectivity index (χ1n) is 7.03. The number of morpholine rings is 1. The molecule has 2 rings (SSSR count). The number of rotatable bonds is 5. The standard InChI is InChI=1S/C15H24N2O3/c1-11(14-8-12(19-3)4-5-15(14)18)17-6-7-20-13(10-17)9-16-2/h4-5,8,11,13,16,18H,6-7,9-10H2,1-3H3. The summed E-state index contributed by atoms with van der Waals surface area (Å²) in [6.45, 7) is 5.40. The summed E-state index contributed by atoms with van der Waals surface area (Å²) in [5, 5.41) is 13.2. The third-order valence-corrected chi connectivity index (χ3v) is 3.83. The molecule has 1 aliphatic rings. The second kappa shape index (κ2) is 6.92. The lowest BCUT2D eigenvalue weighted by molar-refractivity contribution is -0.0395. The van der Waals surface area contributed by atoms with Gasteiger partial charge in [-0.15, -0.1) is 0 Å². The molecule has 2 atom stereocenters. The number of nitrogens with zero attached hydrogens (tertiary/aromatic N) is 1. The van der Waals surface area contributed by atoms with E-state index in [0.717, 1.165) is 37.6 Å². The zero-order chi connectivity index (χ0) is 14.5. The SMILES string of the molecule is CNCC1CN(C(C)c2cc(OC)ccc2O)CCO1. The van der Waals surface area contributed by atoms with E-state index in [1.807, 2.05) is 13.1 Å². The van der Waals surface area contributed by atoms with Crippen LogP contribution in [0.15, 0.2) is 18.2 Å². The minimum atomic E-state index is 0.133. The molecule has 1 aromatic rings. The van der Waals surface area contributed by atoms with E-state index >= 15 is 0 Å². The van der Waals surface area contributed by atoms with Crippen molar-refractivity contribution in [1.82, 2.24) is 10.2 Å². The van der Waals surface area contributed by atoms with Crippen molar-refractivity contribution in [2.24, 2.45) is 0 Å². The van der Waals surface area contributed by atoms with Gasteiger partial charge in [0, 0.05) is 31.2 Å². The number of phenolic OH excluding ortho intramolecular Hbond substituents is 1. The topological polar surface area (TPSA) is 54.0 Å². The molecule has 2 N–H and O–H groups in total. The summed E-state index contributed by atoms with van der Waals surface area (Å²) in [5.41, 5.74) is 0.898. The molecule has 2 unspecified atom stereocenters. The molecule has 0 aromatic heterocycles. The molecule has 20 heavy (non-hydrogen) atoms. The normalized spacial score (nSPS) is 21.6. The van der Waals surface area contributed by atoms with Gasteiger partial charge < -0.3 is 19.9 Å². The summed E-state index contributed by atoms with van der Waals surface area (Å²) >= 11 is 0. The molecule has 0 saturated carbocycles. The van der Waals surface area contributed by atoms with Crippen LogP contribution < -0.4 is 10.1 Å². The lowest BCUT2D eigenvalue weighted by Crippen LogP contribution is -2.46. The number of hydrogen-bond donors (Lipinski definition) is 2. The van der Waals surface area contributed by atoms with Gasteiger partial charge in [-0.1, -0.05) is 0 Å². The third kappa shape index (κ3) is 3.42. The second-order valence-corrected chi connectivity index (χ2v) is 5.15. The van der Waals surface area contributed by atoms with Crippen molar-refractivity contribution < 1.29 is 14.6 Å². The molecule has 5 heteroatoms. The van der Waals surface area contributed by atoms with Gasteiger partial charge in [0.2, 0.25) is 0 Å². The number of phenols is 1. The van der Waals surface area contributed by atoms with Crippen molar-refractivity contribution in [3.63, 3.8) is 0 Å². The van der Waals surface area contributed by atoms with E-state index in [-0.39, 0.29) is 12.1 Å².